The first-order chi connectivity index (χ1) is 13.2. The summed E-state index contributed by atoms with van der Waals surface area (Å²) in [7, 11) is -2.70. The Morgan fingerprint density at radius 1 is 1.25 bits per heavy atom. The van der Waals surface area contributed by atoms with Crippen molar-refractivity contribution in [2.24, 2.45) is 5.14 Å². The van der Waals surface area contributed by atoms with Crippen LogP contribution < -0.4 is 15.2 Å². The number of nitrogens with two attached hydrogens (primary N) is 1. The van der Waals surface area contributed by atoms with Crippen LogP contribution in [0.2, 0.25) is 5.02 Å². The number of ether oxygens (including phenoxy) is 1. The van der Waals surface area contributed by atoms with E-state index in [1.807, 2.05) is 0 Å². The van der Waals surface area contributed by atoms with Gasteiger partial charge in [0.2, 0.25) is 10.0 Å². The van der Waals surface area contributed by atoms with Gasteiger partial charge in [-0.05, 0) is 42.5 Å². The largest absolute Gasteiger partial charge is 0.495 e. The van der Waals surface area contributed by atoms with Crippen molar-refractivity contribution in [2.45, 2.75) is 4.90 Å². The fourth-order valence-corrected chi connectivity index (χ4v) is 3.32. The lowest BCUT2D eigenvalue weighted by atomic mass is 10.1. The van der Waals surface area contributed by atoms with Gasteiger partial charge >= 0.3 is 0 Å². The third-order valence-corrected chi connectivity index (χ3v) is 4.99. The molecule has 4 N–H and O–H groups in total. The van der Waals surface area contributed by atoms with Crippen LogP contribution in [-0.2, 0) is 10.0 Å². The maximum atomic E-state index is 13.2. The SMILES string of the molecule is COc1ccc(-c2cc(C(=O)Nc3ccc(F)c(Cl)c3)[nH]n2)cc1S(N)(=O)=O. The topological polar surface area (TPSA) is 127 Å². The van der Waals surface area contributed by atoms with E-state index in [0.29, 0.717) is 16.9 Å². The van der Waals surface area contributed by atoms with E-state index < -0.39 is 21.7 Å². The number of benzene rings is 2. The molecule has 8 nitrogen and oxygen atoms in total. The van der Waals surface area contributed by atoms with Gasteiger partial charge in [0.25, 0.3) is 5.91 Å². The Bertz CT molecular complexity index is 1160. The number of amides is 1. The number of aromatic nitrogens is 2. The van der Waals surface area contributed by atoms with Crippen LogP contribution in [-0.4, -0.2) is 31.6 Å². The minimum Gasteiger partial charge on any atom is -0.495 e. The zero-order valence-electron chi connectivity index (χ0n) is 14.4. The molecule has 11 heteroatoms. The van der Waals surface area contributed by atoms with Crippen molar-refractivity contribution in [3.05, 3.63) is 59.0 Å². The molecule has 0 atom stereocenters. The lowest BCUT2D eigenvalue weighted by molar-refractivity contribution is 0.102. The zero-order valence-corrected chi connectivity index (χ0v) is 15.9. The summed E-state index contributed by atoms with van der Waals surface area (Å²) in [6.45, 7) is 0. The summed E-state index contributed by atoms with van der Waals surface area (Å²) in [5.74, 6) is -1.05. The molecule has 3 aromatic rings. The summed E-state index contributed by atoms with van der Waals surface area (Å²) in [5, 5.41) is 14.2. The van der Waals surface area contributed by atoms with Gasteiger partial charge in [0.15, 0.2) is 0 Å². The summed E-state index contributed by atoms with van der Waals surface area (Å²) >= 11 is 5.69. The predicted molar refractivity (Wildman–Crippen MR) is 101 cm³/mol. The number of hydrogen-bond acceptors (Lipinski definition) is 5. The Kier molecular flexibility index (Phi) is 5.36. The minimum absolute atomic E-state index is 0.0907. The van der Waals surface area contributed by atoms with Crippen LogP contribution in [0, 0.1) is 5.82 Å². The molecule has 0 aliphatic heterocycles. The highest BCUT2D eigenvalue weighted by Crippen LogP contribution is 2.29. The van der Waals surface area contributed by atoms with Crippen LogP contribution in [0.5, 0.6) is 5.75 Å². The molecular weight excluding hydrogens is 411 g/mol. The number of H-pyrrole nitrogens is 1. The van der Waals surface area contributed by atoms with Crippen LogP contribution in [0.25, 0.3) is 11.3 Å². The molecule has 0 saturated carbocycles. The van der Waals surface area contributed by atoms with E-state index in [2.05, 4.69) is 15.5 Å². The normalized spacial score (nSPS) is 11.3. The second-order valence-electron chi connectivity index (χ2n) is 5.66. The van der Waals surface area contributed by atoms with Crippen molar-refractivity contribution in [1.29, 1.82) is 0 Å². The maximum Gasteiger partial charge on any atom is 0.273 e. The van der Waals surface area contributed by atoms with Crippen molar-refractivity contribution < 1.29 is 22.3 Å². The van der Waals surface area contributed by atoms with Gasteiger partial charge in [-0.2, -0.15) is 5.10 Å². The van der Waals surface area contributed by atoms with E-state index in [9.17, 15) is 17.6 Å². The lowest BCUT2D eigenvalue weighted by Crippen LogP contribution is -2.13. The number of halogens is 2. The third-order valence-electron chi connectivity index (χ3n) is 3.77. The van der Waals surface area contributed by atoms with Crippen molar-refractivity contribution in [3.63, 3.8) is 0 Å². The molecule has 1 amide bonds. The lowest BCUT2D eigenvalue weighted by Gasteiger charge is -2.07. The number of hydrogen-bond donors (Lipinski definition) is 3. The molecule has 0 saturated heterocycles. The number of primary sulfonamides is 1. The van der Waals surface area contributed by atoms with Gasteiger partial charge in [0.05, 0.1) is 17.8 Å². The first-order valence-electron chi connectivity index (χ1n) is 7.72. The first kappa shape index (κ1) is 19.8. The Hall–Kier alpha value is -2.95. The molecule has 2 aromatic carbocycles. The quantitative estimate of drug-likeness (QED) is 0.580. The molecule has 1 aromatic heterocycles. The van der Waals surface area contributed by atoms with Gasteiger partial charge in [0.1, 0.15) is 22.2 Å². The number of carbonyl (C=O) groups is 1. The number of rotatable bonds is 5. The average molecular weight is 425 g/mol. The molecule has 0 unspecified atom stereocenters. The second kappa shape index (κ2) is 7.58. The predicted octanol–water partition coefficient (Wildman–Crippen LogP) is 2.78. The van der Waals surface area contributed by atoms with E-state index >= 15 is 0 Å². The van der Waals surface area contributed by atoms with Gasteiger partial charge in [-0.3, -0.25) is 9.89 Å². The first-order valence-corrected chi connectivity index (χ1v) is 9.64. The maximum absolute atomic E-state index is 13.2. The van der Waals surface area contributed by atoms with Crippen LogP contribution in [0.15, 0.2) is 47.4 Å². The number of nitrogens with zero attached hydrogens (tertiary/aromatic N) is 1. The Balaban J connectivity index is 1.87. The molecule has 0 aliphatic rings. The average Bonchev–Trinajstić information content (AvgIpc) is 3.14. The molecule has 0 aliphatic carbocycles. The Morgan fingerprint density at radius 2 is 2.00 bits per heavy atom. The Morgan fingerprint density at radius 3 is 2.64 bits per heavy atom. The zero-order chi connectivity index (χ0) is 20.5. The van der Waals surface area contributed by atoms with Gasteiger partial charge in [-0.25, -0.2) is 17.9 Å². The molecule has 28 heavy (non-hydrogen) atoms. The van der Waals surface area contributed by atoms with Crippen molar-refractivity contribution in [1.82, 2.24) is 10.2 Å². The number of sulfonamides is 1. The molecule has 146 valence electrons. The fraction of sp³-hybridized carbons (Fsp3) is 0.0588. The highest BCUT2D eigenvalue weighted by atomic mass is 35.5. The van der Waals surface area contributed by atoms with Crippen LogP contribution in [0.4, 0.5) is 10.1 Å². The monoisotopic (exact) mass is 424 g/mol. The second-order valence-corrected chi connectivity index (χ2v) is 7.60. The standard InChI is InChI=1S/C17H14ClFN4O4S/c1-27-15-5-2-9(6-16(15)28(20,25)26)13-8-14(23-22-13)17(24)21-10-3-4-12(19)11(18)7-10/h2-8H,1H3,(H,21,24)(H,22,23)(H2,20,25,26). The highest BCUT2D eigenvalue weighted by molar-refractivity contribution is 7.89. The highest BCUT2D eigenvalue weighted by Gasteiger charge is 2.18. The third kappa shape index (κ3) is 4.14. The smallest absolute Gasteiger partial charge is 0.273 e. The fourth-order valence-electron chi connectivity index (χ4n) is 2.42. The Labute approximate surface area is 164 Å². The molecule has 0 spiro atoms. The number of methoxy groups -OCH3 is 1. The number of aromatic amines is 1. The summed E-state index contributed by atoms with van der Waals surface area (Å²) in [5.41, 5.74) is 1.12. The van der Waals surface area contributed by atoms with Crippen molar-refractivity contribution >= 4 is 33.2 Å². The van der Waals surface area contributed by atoms with Crippen molar-refractivity contribution in [2.75, 3.05) is 12.4 Å². The molecule has 3 rings (SSSR count). The molecule has 1 heterocycles. The number of nitrogens with one attached hydrogen (secondary N) is 2. The summed E-state index contributed by atoms with van der Waals surface area (Å²) in [4.78, 5) is 12.1. The number of carbonyl (C=O) groups excluding carboxylic acids is 1. The van der Waals surface area contributed by atoms with Crippen LogP contribution >= 0.6 is 11.6 Å². The number of anilines is 1. The summed E-state index contributed by atoms with van der Waals surface area (Å²) in [6.07, 6.45) is 0. The van der Waals surface area contributed by atoms with E-state index in [4.69, 9.17) is 21.5 Å². The van der Waals surface area contributed by atoms with Gasteiger partial charge in [-0.1, -0.05) is 11.6 Å². The van der Waals surface area contributed by atoms with E-state index in [1.165, 1.54) is 37.4 Å². The van der Waals surface area contributed by atoms with E-state index in [0.717, 1.165) is 6.07 Å². The summed E-state index contributed by atoms with van der Waals surface area (Å²) < 4.78 is 41.7. The van der Waals surface area contributed by atoms with Gasteiger partial charge in [-0.15, -0.1) is 0 Å². The van der Waals surface area contributed by atoms with Crippen LogP contribution in [0.1, 0.15) is 10.5 Å². The van der Waals surface area contributed by atoms with Crippen molar-refractivity contribution in [3.8, 4) is 17.0 Å². The minimum atomic E-state index is -4.02. The van der Waals surface area contributed by atoms with Gasteiger partial charge < -0.3 is 10.1 Å². The molecule has 0 fully saturated rings. The van der Waals surface area contributed by atoms with E-state index in [-0.39, 0.29) is 21.4 Å². The summed E-state index contributed by atoms with van der Waals surface area (Å²) in [6, 6.07) is 9.49. The van der Waals surface area contributed by atoms with Gasteiger partial charge in [0, 0.05) is 11.3 Å². The van der Waals surface area contributed by atoms with Crippen LogP contribution in [0.3, 0.4) is 0 Å². The van der Waals surface area contributed by atoms with E-state index in [1.54, 1.807) is 6.07 Å². The molecule has 0 radical (unpaired) electrons. The molecule has 0 bridgehead atoms. The molecular formula is C17H14ClFN4O4S.